The Hall–Kier alpha value is -7.17. The van der Waals surface area contributed by atoms with Gasteiger partial charge in [-0.05, 0) is 86.6 Å². The third kappa shape index (κ3) is 5.82. The number of nitrogens with zero attached hydrogens (tertiary/aromatic N) is 3. The lowest BCUT2D eigenvalue weighted by Crippen LogP contribution is -2.00. The minimum Gasteiger partial charge on any atom is -0.456 e. The van der Waals surface area contributed by atoms with Gasteiger partial charge in [-0.25, -0.2) is 15.0 Å². The topological polar surface area (TPSA) is 51.8 Å². The van der Waals surface area contributed by atoms with Crippen molar-refractivity contribution in [1.29, 1.82) is 0 Å². The van der Waals surface area contributed by atoms with Gasteiger partial charge in [-0.2, -0.15) is 0 Å². The molecular formula is C49H31N3O. The smallest absolute Gasteiger partial charge is 0.164 e. The Balaban J connectivity index is 1.11. The van der Waals surface area contributed by atoms with Crippen LogP contribution < -0.4 is 0 Å². The molecule has 4 nitrogen and oxygen atoms in total. The third-order valence-electron chi connectivity index (χ3n) is 9.90. The predicted molar refractivity (Wildman–Crippen MR) is 217 cm³/mol. The fourth-order valence-corrected chi connectivity index (χ4v) is 7.16. The first kappa shape index (κ1) is 30.6. The fraction of sp³-hybridized carbons (Fsp3) is 0. The number of benzene rings is 8. The van der Waals surface area contributed by atoms with E-state index < -0.39 is 0 Å². The van der Waals surface area contributed by atoms with Crippen molar-refractivity contribution in [3.05, 3.63) is 188 Å². The van der Waals surface area contributed by atoms with Gasteiger partial charge in [0.25, 0.3) is 0 Å². The maximum atomic E-state index is 6.30. The molecule has 2 aromatic heterocycles. The van der Waals surface area contributed by atoms with Crippen molar-refractivity contribution < 1.29 is 4.42 Å². The molecule has 53 heavy (non-hydrogen) atoms. The molecule has 0 unspecified atom stereocenters. The average molecular weight is 678 g/mol. The van der Waals surface area contributed by atoms with Crippen molar-refractivity contribution in [2.24, 2.45) is 0 Å². The van der Waals surface area contributed by atoms with Gasteiger partial charge in [0.1, 0.15) is 11.2 Å². The SMILES string of the molecule is c1ccc(-c2cc(-c3ccc4c(c3)oc3ccccc34)cc(-c3nc(-c4ccccc4)nc(-c4ccc(-c5ccc6ccccc6c5)cc4)n3)c2)cc1. The average Bonchev–Trinajstić information content (AvgIpc) is 3.62. The quantitative estimate of drug-likeness (QED) is 0.176. The molecule has 0 saturated heterocycles. The third-order valence-corrected chi connectivity index (χ3v) is 9.90. The molecule has 0 N–H and O–H groups in total. The normalized spacial score (nSPS) is 11.4. The van der Waals surface area contributed by atoms with Gasteiger partial charge in [-0.1, -0.05) is 146 Å². The summed E-state index contributed by atoms with van der Waals surface area (Å²) in [5, 5.41) is 4.67. The molecule has 8 aromatic carbocycles. The first-order valence-corrected chi connectivity index (χ1v) is 17.8. The molecule has 10 aromatic rings. The van der Waals surface area contributed by atoms with Gasteiger partial charge in [0.05, 0.1) is 0 Å². The van der Waals surface area contributed by atoms with E-state index in [-0.39, 0.29) is 0 Å². The van der Waals surface area contributed by atoms with Crippen molar-refractivity contribution in [3.8, 4) is 67.5 Å². The van der Waals surface area contributed by atoms with Crippen molar-refractivity contribution in [2.45, 2.75) is 0 Å². The molecule has 0 fully saturated rings. The zero-order valence-corrected chi connectivity index (χ0v) is 28.6. The maximum Gasteiger partial charge on any atom is 0.164 e. The van der Waals surface area contributed by atoms with E-state index in [0.717, 1.165) is 66.4 Å². The molecule has 0 saturated carbocycles. The highest BCUT2D eigenvalue weighted by atomic mass is 16.3. The number of aromatic nitrogens is 3. The highest BCUT2D eigenvalue weighted by molar-refractivity contribution is 6.06. The maximum absolute atomic E-state index is 6.30. The van der Waals surface area contributed by atoms with Crippen molar-refractivity contribution >= 4 is 32.7 Å². The lowest BCUT2D eigenvalue weighted by Gasteiger charge is -2.13. The monoisotopic (exact) mass is 677 g/mol. The highest BCUT2D eigenvalue weighted by Gasteiger charge is 2.16. The van der Waals surface area contributed by atoms with Gasteiger partial charge < -0.3 is 4.42 Å². The number of rotatable bonds is 6. The number of furan rings is 1. The van der Waals surface area contributed by atoms with Crippen molar-refractivity contribution in [2.75, 3.05) is 0 Å². The van der Waals surface area contributed by atoms with Gasteiger partial charge in [0, 0.05) is 27.5 Å². The molecule has 2 heterocycles. The zero-order chi connectivity index (χ0) is 35.1. The Morgan fingerprint density at radius 1 is 0.264 bits per heavy atom. The predicted octanol–water partition coefficient (Wildman–Crippen LogP) is 12.9. The second-order valence-corrected chi connectivity index (χ2v) is 13.3. The first-order valence-electron chi connectivity index (χ1n) is 17.8. The van der Waals surface area contributed by atoms with Crippen LogP contribution in [0.2, 0.25) is 0 Å². The number of hydrogen-bond donors (Lipinski definition) is 0. The molecule has 0 aliphatic rings. The van der Waals surface area contributed by atoms with Crippen LogP contribution in [0.15, 0.2) is 192 Å². The Labute approximate surface area is 306 Å². The molecule has 4 heteroatoms. The van der Waals surface area contributed by atoms with Gasteiger partial charge in [-0.15, -0.1) is 0 Å². The highest BCUT2D eigenvalue weighted by Crippen LogP contribution is 2.37. The van der Waals surface area contributed by atoms with E-state index in [1.807, 2.05) is 54.6 Å². The number of hydrogen-bond acceptors (Lipinski definition) is 4. The van der Waals surface area contributed by atoms with Crippen LogP contribution in [0.5, 0.6) is 0 Å². The Kier molecular flexibility index (Phi) is 7.43. The number of para-hydroxylation sites is 1. The molecule has 0 spiro atoms. The minimum absolute atomic E-state index is 0.608. The largest absolute Gasteiger partial charge is 0.456 e. The molecule has 248 valence electrons. The summed E-state index contributed by atoms with van der Waals surface area (Å²) in [6, 6.07) is 65.3. The molecule has 10 rings (SSSR count). The van der Waals surface area contributed by atoms with Gasteiger partial charge in [-0.3, -0.25) is 0 Å². The first-order chi connectivity index (χ1) is 26.2. The molecular weight excluding hydrogens is 647 g/mol. The summed E-state index contributed by atoms with van der Waals surface area (Å²) in [6.07, 6.45) is 0. The Morgan fingerprint density at radius 2 is 0.736 bits per heavy atom. The standard InChI is InChI=1S/C49H31N3O/c1-3-11-32(12-4-1)40-28-41(39-25-26-44-43-17-9-10-18-45(43)53-46(44)31-39)30-42(29-40)49-51-47(35-14-5-2-6-15-35)50-48(52-49)36-22-19-34(20-23-36)38-24-21-33-13-7-8-16-37(33)27-38/h1-31H. The Bertz CT molecular complexity index is 2930. The second-order valence-electron chi connectivity index (χ2n) is 13.3. The van der Waals surface area contributed by atoms with Gasteiger partial charge in [0.2, 0.25) is 0 Å². The van der Waals surface area contributed by atoms with E-state index in [1.54, 1.807) is 0 Å². The van der Waals surface area contributed by atoms with Crippen molar-refractivity contribution in [1.82, 2.24) is 15.0 Å². The van der Waals surface area contributed by atoms with E-state index in [9.17, 15) is 0 Å². The van der Waals surface area contributed by atoms with Crippen LogP contribution >= 0.6 is 0 Å². The summed E-state index contributed by atoms with van der Waals surface area (Å²) in [4.78, 5) is 15.3. The van der Waals surface area contributed by atoms with Crippen LogP contribution in [0.25, 0.3) is 100 Å². The minimum atomic E-state index is 0.608. The van der Waals surface area contributed by atoms with E-state index in [4.69, 9.17) is 19.4 Å². The van der Waals surface area contributed by atoms with E-state index in [0.29, 0.717) is 17.5 Å². The van der Waals surface area contributed by atoms with E-state index >= 15 is 0 Å². The summed E-state index contributed by atoms with van der Waals surface area (Å²) in [5.74, 6) is 1.85. The summed E-state index contributed by atoms with van der Waals surface area (Å²) in [6.45, 7) is 0. The fourth-order valence-electron chi connectivity index (χ4n) is 7.16. The molecule has 0 amide bonds. The van der Waals surface area contributed by atoms with E-state index in [1.165, 1.54) is 16.3 Å². The lowest BCUT2D eigenvalue weighted by atomic mass is 9.95. The molecule has 0 bridgehead atoms. The molecule has 0 aliphatic carbocycles. The zero-order valence-electron chi connectivity index (χ0n) is 28.6. The van der Waals surface area contributed by atoms with Crippen LogP contribution in [0.4, 0.5) is 0 Å². The molecule has 0 radical (unpaired) electrons. The summed E-state index contributed by atoms with van der Waals surface area (Å²) in [7, 11) is 0. The van der Waals surface area contributed by atoms with Crippen LogP contribution in [0.3, 0.4) is 0 Å². The van der Waals surface area contributed by atoms with Crippen molar-refractivity contribution in [3.63, 3.8) is 0 Å². The molecule has 0 atom stereocenters. The van der Waals surface area contributed by atoms with Crippen LogP contribution in [-0.2, 0) is 0 Å². The van der Waals surface area contributed by atoms with Gasteiger partial charge in [0.15, 0.2) is 17.5 Å². The van der Waals surface area contributed by atoms with E-state index in [2.05, 4.69) is 133 Å². The summed E-state index contributed by atoms with van der Waals surface area (Å²) < 4.78 is 6.30. The second kappa shape index (κ2) is 12.9. The number of fused-ring (bicyclic) bond motifs is 4. The summed E-state index contributed by atoms with van der Waals surface area (Å²) in [5.41, 5.74) is 11.1. The van der Waals surface area contributed by atoms with Crippen LogP contribution in [0.1, 0.15) is 0 Å². The van der Waals surface area contributed by atoms with Crippen LogP contribution in [-0.4, -0.2) is 15.0 Å². The Morgan fingerprint density at radius 3 is 1.49 bits per heavy atom. The van der Waals surface area contributed by atoms with Gasteiger partial charge >= 0.3 is 0 Å². The lowest BCUT2D eigenvalue weighted by molar-refractivity contribution is 0.669. The summed E-state index contributed by atoms with van der Waals surface area (Å²) >= 11 is 0. The van der Waals surface area contributed by atoms with Crippen LogP contribution in [0, 0.1) is 0 Å². The molecule has 0 aliphatic heterocycles.